The van der Waals surface area contributed by atoms with Crippen LogP contribution in [0, 0.1) is 3.77 Å². The van der Waals surface area contributed by atoms with Crippen molar-refractivity contribution in [1.29, 1.82) is 0 Å². The van der Waals surface area contributed by atoms with Crippen molar-refractivity contribution in [3.63, 3.8) is 0 Å². The number of anilines is 1. The summed E-state index contributed by atoms with van der Waals surface area (Å²) in [4.78, 5) is 12.6. The molecule has 0 atom stereocenters. The van der Waals surface area contributed by atoms with Gasteiger partial charge >= 0.3 is 0 Å². The second kappa shape index (κ2) is 6.44. The highest BCUT2D eigenvalue weighted by Gasteiger charge is 2.16. The van der Waals surface area contributed by atoms with Crippen LogP contribution in [0.1, 0.15) is 0 Å². The van der Waals surface area contributed by atoms with Crippen molar-refractivity contribution in [2.45, 2.75) is 0 Å². The Kier molecular flexibility index (Phi) is 4.50. The maximum Gasteiger partial charge on any atom is 0.230 e. The Balaban J connectivity index is 2.10. The zero-order valence-electron chi connectivity index (χ0n) is 12.4. The highest BCUT2D eigenvalue weighted by molar-refractivity contribution is 14.1. The van der Waals surface area contributed by atoms with Crippen LogP contribution in [-0.4, -0.2) is 14.7 Å². The number of nitrogens with one attached hydrogen (secondary N) is 1. The van der Waals surface area contributed by atoms with Crippen molar-refractivity contribution in [2.75, 3.05) is 11.0 Å². The summed E-state index contributed by atoms with van der Waals surface area (Å²) >= 11 is 1.78. The normalized spacial score (nSPS) is 11.4. The van der Waals surface area contributed by atoms with E-state index in [0.717, 1.165) is 6.26 Å². The number of sulfonamides is 1. The molecule has 2 aromatic carbocycles. The summed E-state index contributed by atoms with van der Waals surface area (Å²) in [7, 11) is -3.60. The number of ether oxygens (including phenoxy) is 1. The van der Waals surface area contributed by atoms with Crippen LogP contribution in [0.5, 0.6) is 11.5 Å². The van der Waals surface area contributed by atoms with Crippen molar-refractivity contribution in [1.82, 2.24) is 0 Å². The second-order valence-corrected chi connectivity index (χ2v) is 7.76. The molecule has 3 rings (SSSR count). The summed E-state index contributed by atoms with van der Waals surface area (Å²) in [6, 6.07) is 13.9. The van der Waals surface area contributed by atoms with Gasteiger partial charge in [0, 0.05) is 22.6 Å². The van der Waals surface area contributed by atoms with Gasteiger partial charge in [-0.15, -0.1) is 0 Å². The van der Waals surface area contributed by atoms with Gasteiger partial charge in [0.2, 0.25) is 15.5 Å². The summed E-state index contributed by atoms with van der Waals surface area (Å²) in [5.74, 6) is 1.08. The van der Waals surface area contributed by atoms with Crippen LogP contribution in [0.2, 0.25) is 0 Å². The minimum Gasteiger partial charge on any atom is -0.457 e. The number of benzene rings is 2. The van der Waals surface area contributed by atoms with E-state index in [1.807, 2.05) is 18.2 Å². The molecule has 0 bridgehead atoms. The summed E-state index contributed by atoms with van der Waals surface area (Å²) in [5, 5.41) is 0.231. The van der Waals surface area contributed by atoms with Gasteiger partial charge < -0.3 is 9.15 Å². The SMILES string of the molecule is CS(=O)(=O)Nc1c(I)oc2ccc(Oc3ccccc3)cc2c1=O. The van der Waals surface area contributed by atoms with E-state index >= 15 is 0 Å². The van der Waals surface area contributed by atoms with Gasteiger partial charge in [-0.3, -0.25) is 9.52 Å². The first kappa shape index (κ1) is 16.8. The summed E-state index contributed by atoms with van der Waals surface area (Å²) in [6.07, 6.45) is 0.974. The van der Waals surface area contributed by atoms with Crippen LogP contribution in [0.25, 0.3) is 11.0 Å². The number of rotatable bonds is 4. The van der Waals surface area contributed by atoms with E-state index in [0.29, 0.717) is 17.1 Å². The van der Waals surface area contributed by atoms with Crippen molar-refractivity contribution in [3.05, 3.63) is 62.5 Å². The Morgan fingerprint density at radius 1 is 1.08 bits per heavy atom. The molecular weight excluding hydrogens is 445 g/mol. The van der Waals surface area contributed by atoms with E-state index in [2.05, 4.69) is 4.72 Å². The fraction of sp³-hybridized carbons (Fsp3) is 0.0625. The highest BCUT2D eigenvalue weighted by Crippen LogP contribution is 2.27. The maximum atomic E-state index is 12.6. The van der Waals surface area contributed by atoms with Crippen molar-refractivity contribution < 1.29 is 17.6 Å². The van der Waals surface area contributed by atoms with Gasteiger partial charge in [0.1, 0.15) is 22.8 Å². The van der Waals surface area contributed by atoms with Crippen LogP contribution < -0.4 is 14.9 Å². The quantitative estimate of drug-likeness (QED) is 0.606. The van der Waals surface area contributed by atoms with E-state index in [9.17, 15) is 13.2 Å². The number of para-hydroxylation sites is 1. The average molecular weight is 457 g/mol. The molecule has 1 heterocycles. The van der Waals surface area contributed by atoms with E-state index < -0.39 is 15.5 Å². The first-order valence-electron chi connectivity index (χ1n) is 6.80. The molecule has 1 aromatic heterocycles. The molecule has 8 heteroatoms. The topological polar surface area (TPSA) is 85.6 Å². The number of halogens is 1. The Morgan fingerprint density at radius 2 is 1.79 bits per heavy atom. The van der Waals surface area contributed by atoms with Crippen LogP contribution in [0.3, 0.4) is 0 Å². The monoisotopic (exact) mass is 457 g/mol. The Labute approximate surface area is 151 Å². The van der Waals surface area contributed by atoms with E-state index in [1.54, 1.807) is 46.9 Å². The molecule has 1 N–H and O–H groups in total. The van der Waals surface area contributed by atoms with E-state index in [-0.39, 0.29) is 14.8 Å². The lowest BCUT2D eigenvalue weighted by Crippen LogP contribution is -2.18. The fourth-order valence-corrected chi connectivity index (χ4v) is 3.46. The van der Waals surface area contributed by atoms with Gasteiger partial charge in [0.25, 0.3) is 0 Å². The van der Waals surface area contributed by atoms with Crippen LogP contribution in [-0.2, 0) is 10.0 Å². The molecule has 0 unspecified atom stereocenters. The second-order valence-electron chi connectivity index (χ2n) is 5.03. The molecule has 0 fully saturated rings. The summed E-state index contributed by atoms with van der Waals surface area (Å²) < 4.78 is 36.4. The fourth-order valence-electron chi connectivity index (χ4n) is 2.11. The average Bonchev–Trinajstić information content (AvgIpc) is 2.52. The summed E-state index contributed by atoms with van der Waals surface area (Å²) in [5.41, 5.74) is -0.226. The van der Waals surface area contributed by atoms with Gasteiger partial charge in [-0.05, 0) is 30.3 Å². The first-order chi connectivity index (χ1) is 11.3. The lowest BCUT2D eigenvalue weighted by Gasteiger charge is -2.09. The molecule has 3 aromatic rings. The Hall–Kier alpha value is -2.07. The zero-order valence-corrected chi connectivity index (χ0v) is 15.4. The van der Waals surface area contributed by atoms with E-state index in [4.69, 9.17) is 9.15 Å². The molecule has 0 amide bonds. The molecule has 0 aliphatic heterocycles. The van der Waals surface area contributed by atoms with Crippen LogP contribution >= 0.6 is 22.6 Å². The molecule has 0 saturated carbocycles. The largest absolute Gasteiger partial charge is 0.457 e. The van der Waals surface area contributed by atoms with Crippen molar-refractivity contribution in [2.24, 2.45) is 0 Å². The molecule has 0 saturated heterocycles. The van der Waals surface area contributed by atoms with Crippen molar-refractivity contribution in [3.8, 4) is 11.5 Å². The number of hydrogen-bond donors (Lipinski definition) is 1. The predicted molar refractivity (Wildman–Crippen MR) is 100 cm³/mol. The van der Waals surface area contributed by atoms with Crippen LogP contribution in [0.15, 0.2) is 57.7 Å². The lowest BCUT2D eigenvalue weighted by molar-refractivity contribution is 0.482. The van der Waals surface area contributed by atoms with E-state index in [1.165, 1.54) is 6.07 Å². The minimum absolute atomic E-state index is 0.109. The molecule has 0 aliphatic rings. The first-order valence-corrected chi connectivity index (χ1v) is 9.77. The molecule has 0 radical (unpaired) electrons. The smallest absolute Gasteiger partial charge is 0.230 e. The highest BCUT2D eigenvalue weighted by atomic mass is 127. The van der Waals surface area contributed by atoms with Gasteiger partial charge in [-0.1, -0.05) is 18.2 Å². The number of hydrogen-bond acceptors (Lipinski definition) is 5. The molecular formula is C16H12INO5S. The zero-order chi connectivity index (χ0) is 17.3. The molecule has 24 heavy (non-hydrogen) atoms. The summed E-state index contributed by atoms with van der Waals surface area (Å²) in [6.45, 7) is 0. The molecule has 0 spiro atoms. The number of fused-ring (bicyclic) bond motifs is 1. The lowest BCUT2D eigenvalue weighted by atomic mass is 10.2. The van der Waals surface area contributed by atoms with Gasteiger partial charge in [0.05, 0.1) is 11.6 Å². The molecule has 6 nitrogen and oxygen atoms in total. The third-order valence-electron chi connectivity index (χ3n) is 3.09. The minimum atomic E-state index is -3.60. The molecule has 124 valence electrons. The van der Waals surface area contributed by atoms with Crippen molar-refractivity contribution >= 4 is 49.3 Å². The third-order valence-corrected chi connectivity index (χ3v) is 4.42. The third kappa shape index (κ3) is 3.70. The standard InChI is InChI=1S/C16H12INO5S/c1-24(20,21)18-14-15(19)12-9-11(7-8-13(12)23-16(14)17)22-10-5-3-2-4-6-10/h2-9,18H,1H3. The van der Waals surface area contributed by atoms with Gasteiger partial charge in [-0.25, -0.2) is 8.42 Å². The Morgan fingerprint density at radius 3 is 2.46 bits per heavy atom. The van der Waals surface area contributed by atoms with Gasteiger partial charge in [-0.2, -0.15) is 0 Å². The van der Waals surface area contributed by atoms with Crippen LogP contribution in [0.4, 0.5) is 5.69 Å². The van der Waals surface area contributed by atoms with Gasteiger partial charge in [0.15, 0.2) is 3.77 Å². The Bertz CT molecular complexity index is 1060. The maximum absolute atomic E-state index is 12.6. The molecule has 0 aliphatic carbocycles. The predicted octanol–water partition coefficient (Wildman–Crippen LogP) is 3.56.